The monoisotopic (exact) mass is 245 g/mol. The molecule has 0 aliphatic carbocycles. The quantitative estimate of drug-likeness (QED) is 0.837. The van der Waals surface area contributed by atoms with Crippen molar-refractivity contribution in [1.82, 2.24) is 4.90 Å². The lowest BCUT2D eigenvalue weighted by Gasteiger charge is -2.25. The van der Waals surface area contributed by atoms with E-state index in [1.807, 2.05) is 24.3 Å². The van der Waals surface area contributed by atoms with Crippen LogP contribution in [0, 0.1) is 17.2 Å². The second-order valence-electron chi connectivity index (χ2n) is 5.43. The molecule has 0 aliphatic heterocycles. The van der Waals surface area contributed by atoms with E-state index in [0.29, 0.717) is 17.5 Å². The molecule has 0 bridgehead atoms. The molecule has 1 aromatic rings. The SMILES string of the molecule is CC(C)CC(CN(C)C)Nc1cccc(C#N)c1. The first kappa shape index (κ1) is 14.5. The standard InChI is InChI=1S/C15H23N3/c1-12(2)8-15(11-18(3)4)17-14-7-5-6-13(9-14)10-16/h5-7,9,12,15,17H,8,11H2,1-4H3. The maximum Gasteiger partial charge on any atom is 0.0992 e. The van der Waals surface area contributed by atoms with E-state index in [2.05, 4.69) is 44.2 Å². The van der Waals surface area contributed by atoms with Crippen molar-refractivity contribution < 1.29 is 0 Å². The molecule has 1 aromatic carbocycles. The van der Waals surface area contributed by atoms with Crippen LogP contribution in [0.4, 0.5) is 5.69 Å². The van der Waals surface area contributed by atoms with Gasteiger partial charge in [0.05, 0.1) is 11.6 Å². The van der Waals surface area contributed by atoms with Crippen LogP contribution in [0.1, 0.15) is 25.8 Å². The third-order valence-electron chi connectivity index (χ3n) is 2.70. The number of likely N-dealkylation sites (N-methyl/N-ethyl adjacent to an activating group) is 1. The van der Waals surface area contributed by atoms with E-state index in [0.717, 1.165) is 18.7 Å². The van der Waals surface area contributed by atoms with Crippen molar-refractivity contribution in [2.75, 3.05) is 26.0 Å². The molecule has 0 aromatic heterocycles. The van der Waals surface area contributed by atoms with Crippen LogP contribution >= 0.6 is 0 Å². The Morgan fingerprint density at radius 3 is 2.61 bits per heavy atom. The summed E-state index contributed by atoms with van der Waals surface area (Å²) in [4.78, 5) is 2.19. The van der Waals surface area contributed by atoms with E-state index in [4.69, 9.17) is 5.26 Å². The molecule has 3 heteroatoms. The van der Waals surface area contributed by atoms with E-state index in [9.17, 15) is 0 Å². The van der Waals surface area contributed by atoms with Crippen molar-refractivity contribution in [1.29, 1.82) is 5.26 Å². The number of hydrogen-bond acceptors (Lipinski definition) is 3. The lowest BCUT2D eigenvalue weighted by atomic mass is 10.0. The summed E-state index contributed by atoms with van der Waals surface area (Å²) in [5, 5.41) is 12.4. The molecule has 0 saturated carbocycles. The van der Waals surface area contributed by atoms with Crippen LogP contribution in [0.15, 0.2) is 24.3 Å². The maximum atomic E-state index is 8.90. The number of nitriles is 1. The van der Waals surface area contributed by atoms with Crippen LogP contribution in [-0.4, -0.2) is 31.6 Å². The molecule has 0 aliphatic rings. The molecule has 0 fully saturated rings. The van der Waals surface area contributed by atoms with E-state index in [1.54, 1.807) is 0 Å². The van der Waals surface area contributed by atoms with Crippen LogP contribution in [0.5, 0.6) is 0 Å². The summed E-state index contributed by atoms with van der Waals surface area (Å²) >= 11 is 0. The lowest BCUT2D eigenvalue weighted by molar-refractivity contribution is 0.356. The van der Waals surface area contributed by atoms with E-state index in [1.165, 1.54) is 0 Å². The fourth-order valence-corrected chi connectivity index (χ4v) is 2.10. The molecule has 0 amide bonds. The van der Waals surface area contributed by atoms with Crippen LogP contribution in [0.2, 0.25) is 0 Å². The van der Waals surface area contributed by atoms with Gasteiger partial charge in [-0.25, -0.2) is 0 Å². The molecule has 1 rings (SSSR count). The first-order chi connectivity index (χ1) is 8.51. The average Bonchev–Trinajstić information content (AvgIpc) is 2.27. The average molecular weight is 245 g/mol. The number of hydrogen-bond donors (Lipinski definition) is 1. The highest BCUT2D eigenvalue weighted by atomic mass is 15.1. The van der Waals surface area contributed by atoms with E-state index < -0.39 is 0 Å². The molecule has 98 valence electrons. The van der Waals surface area contributed by atoms with Crippen molar-refractivity contribution in [3.05, 3.63) is 29.8 Å². The van der Waals surface area contributed by atoms with E-state index in [-0.39, 0.29) is 0 Å². The second-order valence-corrected chi connectivity index (χ2v) is 5.43. The predicted molar refractivity (Wildman–Crippen MR) is 76.6 cm³/mol. The molecule has 1 atom stereocenters. The third-order valence-corrected chi connectivity index (χ3v) is 2.70. The highest BCUT2D eigenvalue weighted by Gasteiger charge is 2.12. The number of benzene rings is 1. The zero-order valence-electron chi connectivity index (χ0n) is 11.8. The van der Waals surface area contributed by atoms with Crippen molar-refractivity contribution in [3.63, 3.8) is 0 Å². The van der Waals surface area contributed by atoms with Gasteiger partial charge in [-0.05, 0) is 44.6 Å². The van der Waals surface area contributed by atoms with Gasteiger partial charge in [-0.2, -0.15) is 5.26 Å². The Morgan fingerprint density at radius 2 is 2.06 bits per heavy atom. The largest absolute Gasteiger partial charge is 0.381 e. The van der Waals surface area contributed by atoms with Gasteiger partial charge >= 0.3 is 0 Å². The summed E-state index contributed by atoms with van der Waals surface area (Å²) in [6.07, 6.45) is 1.12. The lowest BCUT2D eigenvalue weighted by Crippen LogP contribution is -2.33. The number of anilines is 1. The molecule has 1 unspecified atom stereocenters. The van der Waals surface area contributed by atoms with Gasteiger partial charge in [0, 0.05) is 18.3 Å². The topological polar surface area (TPSA) is 39.1 Å². The van der Waals surface area contributed by atoms with Crippen LogP contribution in [0.3, 0.4) is 0 Å². The number of rotatable bonds is 6. The summed E-state index contributed by atoms with van der Waals surface area (Å²) in [7, 11) is 4.17. The zero-order valence-corrected chi connectivity index (χ0v) is 11.8. The molecule has 1 N–H and O–H groups in total. The third kappa shape index (κ3) is 5.20. The van der Waals surface area contributed by atoms with Crippen LogP contribution < -0.4 is 5.32 Å². The summed E-state index contributed by atoms with van der Waals surface area (Å²) < 4.78 is 0. The van der Waals surface area contributed by atoms with Gasteiger partial charge in [0.25, 0.3) is 0 Å². The van der Waals surface area contributed by atoms with Crippen molar-refractivity contribution in [2.24, 2.45) is 5.92 Å². The van der Waals surface area contributed by atoms with Gasteiger partial charge in [-0.3, -0.25) is 0 Å². The zero-order chi connectivity index (χ0) is 13.5. The smallest absolute Gasteiger partial charge is 0.0992 e. The Labute approximate surface area is 110 Å². The van der Waals surface area contributed by atoms with Gasteiger partial charge in [-0.1, -0.05) is 19.9 Å². The van der Waals surface area contributed by atoms with Crippen molar-refractivity contribution in [2.45, 2.75) is 26.3 Å². The van der Waals surface area contributed by atoms with Crippen LogP contribution in [0.25, 0.3) is 0 Å². The molecule has 0 radical (unpaired) electrons. The normalized spacial score (nSPS) is 12.5. The highest BCUT2D eigenvalue weighted by Crippen LogP contribution is 2.15. The Bertz CT molecular complexity index is 394. The molecule has 3 nitrogen and oxygen atoms in total. The van der Waals surface area contributed by atoms with Gasteiger partial charge in [-0.15, -0.1) is 0 Å². The predicted octanol–water partition coefficient (Wildman–Crippen LogP) is 2.95. The highest BCUT2D eigenvalue weighted by molar-refractivity contribution is 5.49. The summed E-state index contributed by atoms with van der Waals surface area (Å²) in [5.74, 6) is 0.654. The fraction of sp³-hybridized carbons (Fsp3) is 0.533. The summed E-state index contributed by atoms with van der Waals surface area (Å²) in [6.45, 7) is 5.46. The van der Waals surface area contributed by atoms with Gasteiger partial charge in [0.1, 0.15) is 0 Å². The number of nitrogens with zero attached hydrogens (tertiary/aromatic N) is 2. The molecular weight excluding hydrogens is 222 g/mol. The van der Waals surface area contributed by atoms with E-state index >= 15 is 0 Å². The Kier molecular flexibility index (Phi) is 5.67. The summed E-state index contributed by atoms with van der Waals surface area (Å²) in [5.41, 5.74) is 1.73. The Morgan fingerprint density at radius 1 is 1.33 bits per heavy atom. The second kappa shape index (κ2) is 7.03. The van der Waals surface area contributed by atoms with Crippen molar-refractivity contribution in [3.8, 4) is 6.07 Å². The Balaban J connectivity index is 2.72. The first-order valence-electron chi connectivity index (χ1n) is 6.42. The minimum atomic E-state index is 0.411. The maximum absolute atomic E-state index is 8.90. The van der Waals surface area contributed by atoms with Gasteiger partial charge in [0.15, 0.2) is 0 Å². The molecular formula is C15H23N3. The molecule has 0 spiro atoms. The Hall–Kier alpha value is -1.53. The van der Waals surface area contributed by atoms with Gasteiger partial charge < -0.3 is 10.2 Å². The fourth-order valence-electron chi connectivity index (χ4n) is 2.10. The number of nitrogens with one attached hydrogen (secondary N) is 1. The van der Waals surface area contributed by atoms with Crippen LogP contribution in [-0.2, 0) is 0 Å². The van der Waals surface area contributed by atoms with Crippen molar-refractivity contribution >= 4 is 5.69 Å². The molecule has 0 saturated heterocycles. The first-order valence-corrected chi connectivity index (χ1v) is 6.42. The minimum Gasteiger partial charge on any atom is -0.381 e. The molecule has 0 heterocycles. The minimum absolute atomic E-state index is 0.411. The molecule has 18 heavy (non-hydrogen) atoms. The van der Waals surface area contributed by atoms with Gasteiger partial charge in [0.2, 0.25) is 0 Å². The summed E-state index contributed by atoms with van der Waals surface area (Å²) in [6, 6.07) is 10.3.